The summed E-state index contributed by atoms with van der Waals surface area (Å²) in [5.41, 5.74) is 0. The Labute approximate surface area is 135 Å². The Bertz CT molecular complexity index is 553. The van der Waals surface area contributed by atoms with E-state index < -0.39 is 0 Å². The van der Waals surface area contributed by atoms with Crippen molar-refractivity contribution >= 4 is 17.4 Å². The molecule has 0 aliphatic heterocycles. The molecule has 2 amide bonds. The number of urea groups is 1. The van der Waals surface area contributed by atoms with Gasteiger partial charge in [-0.2, -0.15) is 0 Å². The molecule has 2 N–H and O–H groups in total. The molecule has 0 fully saturated rings. The molecule has 2 aromatic heterocycles. The third kappa shape index (κ3) is 4.85. The Morgan fingerprint density at radius 1 is 1.50 bits per heavy atom. The molecule has 7 heteroatoms. The highest BCUT2D eigenvalue weighted by molar-refractivity contribution is 7.10. The smallest absolute Gasteiger partial charge is 0.315 e. The standard InChI is InChI=1S/C15H23N5OS/c1-12(10-20-7-6-16-11-20)18-15(21)17-9-13(19(2)3)14-5-4-8-22-14/h4-8,11-13H,9-10H2,1-3H3,(H2,17,18,21)/t12-,13-/m0/s1. The number of carbonyl (C=O) groups is 1. The van der Waals surface area contributed by atoms with Gasteiger partial charge in [0.25, 0.3) is 0 Å². The maximum Gasteiger partial charge on any atom is 0.315 e. The number of likely N-dealkylation sites (N-methyl/N-ethyl adjacent to an activating group) is 1. The lowest BCUT2D eigenvalue weighted by molar-refractivity contribution is 0.229. The van der Waals surface area contributed by atoms with Gasteiger partial charge in [0.2, 0.25) is 0 Å². The summed E-state index contributed by atoms with van der Waals surface area (Å²) in [7, 11) is 4.04. The lowest BCUT2D eigenvalue weighted by Gasteiger charge is -2.24. The minimum absolute atomic E-state index is 0.0359. The van der Waals surface area contributed by atoms with E-state index in [-0.39, 0.29) is 18.1 Å². The van der Waals surface area contributed by atoms with Gasteiger partial charge in [0, 0.05) is 36.4 Å². The van der Waals surface area contributed by atoms with E-state index in [4.69, 9.17) is 0 Å². The van der Waals surface area contributed by atoms with Gasteiger partial charge in [-0.3, -0.25) is 0 Å². The summed E-state index contributed by atoms with van der Waals surface area (Å²) >= 11 is 1.70. The van der Waals surface area contributed by atoms with Crippen molar-refractivity contribution in [3.63, 3.8) is 0 Å². The fraction of sp³-hybridized carbons (Fsp3) is 0.467. The van der Waals surface area contributed by atoms with Gasteiger partial charge in [-0.25, -0.2) is 9.78 Å². The van der Waals surface area contributed by atoms with Crippen LogP contribution in [0.4, 0.5) is 4.79 Å². The molecule has 0 aromatic carbocycles. The van der Waals surface area contributed by atoms with Crippen LogP contribution in [0.3, 0.4) is 0 Å². The summed E-state index contributed by atoms with van der Waals surface area (Å²) in [6, 6.07) is 4.21. The van der Waals surface area contributed by atoms with Crippen LogP contribution in [0.5, 0.6) is 0 Å². The van der Waals surface area contributed by atoms with E-state index >= 15 is 0 Å². The molecule has 2 rings (SSSR count). The zero-order valence-corrected chi connectivity index (χ0v) is 14.0. The van der Waals surface area contributed by atoms with E-state index in [0.29, 0.717) is 13.1 Å². The van der Waals surface area contributed by atoms with Crippen LogP contribution < -0.4 is 10.6 Å². The highest BCUT2D eigenvalue weighted by Gasteiger charge is 2.16. The average Bonchev–Trinajstić information content (AvgIpc) is 3.11. The first-order valence-electron chi connectivity index (χ1n) is 7.26. The number of carbonyl (C=O) groups excluding carboxylic acids is 1. The zero-order valence-electron chi connectivity index (χ0n) is 13.2. The van der Waals surface area contributed by atoms with E-state index in [1.54, 1.807) is 23.9 Å². The van der Waals surface area contributed by atoms with Crippen molar-refractivity contribution in [1.82, 2.24) is 25.1 Å². The van der Waals surface area contributed by atoms with Gasteiger partial charge in [0.15, 0.2) is 0 Å². The Balaban J connectivity index is 1.78. The van der Waals surface area contributed by atoms with Crippen molar-refractivity contribution in [2.24, 2.45) is 0 Å². The molecule has 0 saturated carbocycles. The second-order valence-corrected chi connectivity index (χ2v) is 6.49. The second kappa shape index (κ2) is 7.95. The molecule has 0 unspecified atom stereocenters. The molecule has 120 valence electrons. The molecule has 2 heterocycles. The summed E-state index contributed by atoms with van der Waals surface area (Å²) < 4.78 is 1.94. The molecule has 2 atom stereocenters. The molecule has 0 saturated heterocycles. The van der Waals surface area contributed by atoms with Crippen molar-refractivity contribution in [2.75, 3.05) is 20.6 Å². The first kappa shape index (κ1) is 16.5. The third-order valence-electron chi connectivity index (χ3n) is 3.37. The van der Waals surface area contributed by atoms with Crippen molar-refractivity contribution in [3.8, 4) is 0 Å². The lowest BCUT2D eigenvalue weighted by atomic mass is 10.2. The third-order valence-corrected chi connectivity index (χ3v) is 4.35. The number of nitrogens with one attached hydrogen (secondary N) is 2. The Hall–Kier alpha value is -1.86. The molecule has 0 bridgehead atoms. The van der Waals surface area contributed by atoms with Crippen LogP contribution in [0, 0.1) is 0 Å². The largest absolute Gasteiger partial charge is 0.336 e. The summed E-state index contributed by atoms with van der Waals surface area (Å²) in [6.07, 6.45) is 5.36. The van der Waals surface area contributed by atoms with Gasteiger partial charge in [-0.1, -0.05) is 6.07 Å². The SMILES string of the molecule is C[C@@H](Cn1ccnc1)NC(=O)NC[C@@H](c1cccs1)N(C)C. The number of imidazole rings is 1. The van der Waals surface area contributed by atoms with Crippen molar-refractivity contribution in [1.29, 1.82) is 0 Å². The molecule has 0 spiro atoms. The maximum absolute atomic E-state index is 12.0. The average molecular weight is 321 g/mol. The minimum Gasteiger partial charge on any atom is -0.336 e. The number of rotatable bonds is 7. The monoisotopic (exact) mass is 321 g/mol. The van der Waals surface area contributed by atoms with E-state index in [2.05, 4.69) is 32.0 Å². The summed E-state index contributed by atoms with van der Waals surface area (Å²) in [4.78, 5) is 19.4. The van der Waals surface area contributed by atoms with E-state index in [9.17, 15) is 4.79 Å². The number of aromatic nitrogens is 2. The van der Waals surface area contributed by atoms with Crippen LogP contribution >= 0.6 is 11.3 Å². The number of hydrogen-bond donors (Lipinski definition) is 2. The molecule has 6 nitrogen and oxygen atoms in total. The highest BCUT2D eigenvalue weighted by Crippen LogP contribution is 2.22. The number of hydrogen-bond acceptors (Lipinski definition) is 4. The molecular weight excluding hydrogens is 298 g/mol. The fourth-order valence-corrected chi connectivity index (χ4v) is 3.16. The van der Waals surface area contributed by atoms with Crippen molar-refractivity contribution < 1.29 is 4.79 Å². The molecule has 2 aromatic rings. The van der Waals surface area contributed by atoms with Crippen molar-refractivity contribution in [2.45, 2.75) is 25.6 Å². The van der Waals surface area contributed by atoms with Gasteiger partial charge < -0.3 is 20.1 Å². The summed E-state index contributed by atoms with van der Waals surface area (Å²) in [6.45, 7) is 3.26. The van der Waals surface area contributed by atoms with E-state index in [1.165, 1.54) is 4.88 Å². The van der Waals surface area contributed by atoms with Gasteiger partial charge in [0.1, 0.15) is 0 Å². The number of nitrogens with zero attached hydrogens (tertiary/aromatic N) is 3. The van der Waals surface area contributed by atoms with Crippen LogP contribution in [0.25, 0.3) is 0 Å². The Morgan fingerprint density at radius 3 is 2.91 bits per heavy atom. The molecule has 0 radical (unpaired) electrons. The zero-order chi connectivity index (χ0) is 15.9. The van der Waals surface area contributed by atoms with Gasteiger partial charge >= 0.3 is 6.03 Å². The quantitative estimate of drug-likeness (QED) is 0.819. The molecule has 22 heavy (non-hydrogen) atoms. The first-order valence-corrected chi connectivity index (χ1v) is 8.14. The molecule has 0 aliphatic carbocycles. The predicted octanol–water partition coefficient (Wildman–Crippen LogP) is 1.94. The topological polar surface area (TPSA) is 62.2 Å². The maximum atomic E-state index is 12.0. The lowest BCUT2D eigenvalue weighted by Crippen LogP contribution is -2.44. The second-order valence-electron chi connectivity index (χ2n) is 5.51. The highest BCUT2D eigenvalue weighted by atomic mass is 32.1. The van der Waals surface area contributed by atoms with Gasteiger partial charge in [-0.15, -0.1) is 11.3 Å². The first-order chi connectivity index (χ1) is 10.6. The van der Waals surface area contributed by atoms with E-state index in [1.807, 2.05) is 37.8 Å². The normalized spacial score (nSPS) is 13.8. The molecular formula is C15H23N5OS. The van der Waals surface area contributed by atoms with Crippen LogP contribution in [-0.4, -0.2) is 47.2 Å². The van der Waals surface area contributed by atoms with Crippen LogP contribution in [0.2, 0.25) is 0 Å². The van der Waals surface area contributed by atoms with Gasteiger partial charge in [0.05, 0.1) is 12.4 Å². The Kier molecular flexibility index (Phi) is 5.97. The minimum atomic E-state index is -0.143. The summed E-state index contributed by atoms with van der Waals surface area (Å²) in [5, 5.41) is 7.95. The van der Waals surface area contributed by atoms with Crippen LogP contribution in [-0.2, 0) is 6.54 Å². The van der Waals surface area contributed by atoms with Crippen LogP contribution in [0.15, 0.2) is 36.2 Å². The summed E-state index contributed by atoms with van der Waals surface area (Å²) in [5.74, 6) is 0. The van der Waals surface area contributed by atoms with Crippen molar-refractivity contribution in [3.05, 3.63) is 41.1 Å². The van der Waals surface area contributed by atoms with Crippen LogP contribution in [0.1, 0.15) is 17.8 Å². The number of amides is 2. The molecule has 0 aliphatic rings. The fourth-order valence-electron chi connectivity index (χ4n) is 2.24. The predicted molar refractivity (Wildman–Crippen MR) is 89.0 cm³/mol. The number of thiophene rings is 1. The Morgan fingerprint density at radius 2 is 2.32 bits per heavy atom. The van der Waals surface area contributed by atoms with Gasteiger partial charge in [-0.05, 0) is 32.5 Å². The van der Waals surface area contributed by atoms with E-state index in [0.717, 1.165) is 0 Å².